The van der Waals surface area contributed by atoms with Crippen molar-refractivity contribution in [3.05, 3.63) is 192 Å². The van der Waals surface area contributed by atoms with Crippen molar-refractivity contribution >= 4 is 16.8 Å². The molecule has 1 spiro atoms. The predicted octanol–water partition coefficient (Wildman–Crippen LogP) is 13.0. The van der Waals surface area contributed by atoms with E-state index in [-0.39, 0.29) is 5.41 Å². The number of rotatable bonds is 6. The SMILES string of the molecule is COc1ccc(C2(c3ccc(-c4nc(-c5ccccc5)nc(-c5ccccc5)n4)cc3)C=Cc3c4c(c5ccccc5c3O2)-c2ccccc2C42CCCCCC2)cc1. The Morgan fingerprint density at radius 2 is 1.05 bits per heavy atom. The van der Waals surface area contributed by atoms with Gasteiger partial charge in [0, 0.05) is 44.2 Å². The highest BCUT2D eigenvalue weighted by Crippen LogP contribution is 2.61. The summed E-state index contributed by atoms with van der Waals surface area (Å²) in [4.78, 5) is 14.9. The first-order valence-corrected chi connectivity index (χ1v) is 20.8. The molecule has 3 aliphatic rings. The van der Waals surface area contributed by atoms with Gasteiger partial charge in [-0.3, -0.25) is 0 Å². The number of hydrogen-bond donors (Lipinski definition) is 0. The molecule has 1 aliphatic heterocycles. The van der Waals surface area contributed by atoms with Crippen molar-refractivity contribution < 1.29 is 9.47 Å². The first-order chi connectivity index (χ1) is 29.1. The zero-order chi connectivity index (χ0) is 39.4. The van der Waals surface area contributed by atoms with Crippen LogP contribution >= 0.6 is 0 Å². The fourth-order valence-electron chi connectivity index (χ4n) is 10.1. The lowest BCUT2D eigenvalue weighted by Crippen LogP contribution is -2.35. The molecule has 1 fully saturated rings. The van der Waals surface area contributed by atoms with Gasteiger partial charge in [0.25, 0.3) is 0 Å². The number of methoxy groups -OCH3 is 1. The summed E-state index contributed by atoms with van der Waals surface area (Å²) in [6, 6.07) is 55.1. The molecule has 8 aromatic rings. The molecule has 0 amide bonds. The minimum absolute atomic E-state index is 0.0479. The molecule has 2 heterocycles. The molecule has 1 saturated carbocycles. The lowest BCUT2D eigenvalue weighted by molar-refractivity contribution is 0.163. The van der Waals surface area contributed by atoms with Gasteiger partial charge in [-0.1, -0.05) is 177 Å². The normalized spacial score (nSPS) is 17.4. The maximum absolute atomic E-state index is 7.70. The Labute approximate surface area is 345 Å². The van der Waals surface area contributed by atoms with Crippen molar-refractivity contribution in [3.8, 4) is 56.8 Å². The van der Waals surface area contributed by atoms with Crippen molar-refractivity contribution in [1.29, 1.82) is 0 Å². The second kappa shape index (κ2) is 14.2. The standard InChI is InChI=1S/C54H43N3O2/c1-58-41-30-28-40(29-31-41)54(39-26-24-38(25-27-39)52-56-50(36-16-6-4-7-17-36)55-51(57-52)37-18-8-5-9-19-37)35-32-45-48-47(42-20-10-11-21-43(42)49(45)59-54)44-22-12-13-23-46(44)53(48)33-14-2-3-15-34-53/h4-13,16-32,35H,2-3,14-15,33-34H2,1H3. The Balaban J connectivity index is 1.09. The summed E-state index contributed by atoms with van der Waals surface area (Å²) < 4.78 is 13.3. The average molecular weight is 766 g/mol. The van der Waals surface area contributed by atoms with Gasteiger partial charge in [-0.05, 0) is 58.7 Å². The Bertz CT molecular complexity index is 2820. The van der Waals surface area contributed by atoms with Gasteiger partial charge < -0.3 is 9.47 Å². The van der Waals surface area contributed by atoms with Gasteiger partial charge in [0.1, 0.15) is 11.5 Å². The average Bonchev–Trinajstić information content (AvgIpc) is 3.41. The maximum Gasteiger partial charge on any atom is 0.178 e. The van der Waals surface area contributed by atoms with Gasteiger partial charge >= 0.3 is 0 Å². The highest BCUT2D eigenvalue weighted by Gasteiger charge is 2.48. The highest BCUT2D eigenvalue weighted by molar-refractivity contribution is 6.08. The van der Waals surface area contributed by atoms with E-state index in [0.29, 0.717) is 17.5 Å². The second-order valence-electron chi connectivity index (χ2n) is 16.1. The molecule has 1 atom stereocenters. The summed E-state index contributed by atoms with van der Waals surface area (Å²) in [6.45, 7) is 0. The Morgan fingerprint density at radius 1 is 0.525 bits per heavy atom. The molecular formula is C54H43N3O2. The summed E-state index contributed by atoms with van der Waals surface area (Å²) >= 11 is 0. The quantitative estimate of drug-likeness (QED) is 0.169. The number of ether oxygens (including phenoxy) is 2. The van der Waals surface area contributed by atoms with Crippen LogP contribution in [0.1, 0.15) is 66.3 Å². The van der Waals surface area contributed by atoms with E-state index >= 15 is 0 Å². The molecule has 0 bridgehead atoms. The van der Waals surface area contributed by atoms with E-state index in [1.54, 1.807) is 7.11 Å². The van der Waals surface area contributed by atoms with E-state index in [0.717, 1.165) is 57.5 Å². The van der Waals surface area contributed by atoms with E-state index in [1.165, 1.54) is 58.9 Å². The molecular weight excluding hydrogens is 723 g/mol. The van der Waals surface area contributed by atoms with Gasteiger partial charge in [-0.2, -0.15) is 0 Å². The maximum atomic E-state index is 7.70. The smallest absolute Gasteiger partial charge is 0.178 e. The van der Waals surface area contributed by atoms with Gasteiger partial charge in [0.2, 0.25) is 0 Å². The van der Waals surface area contributed by atoms with Gasteiger partial charge in [0.05, 0.1) is 7.11 Å². The van der Waals surface area contributed by atoms with Crippen LogP contribution in [0.2, 0.25) is 0 Å². The number of fused-ring (bicyclic) bond motifs is 10. The zero-order valence-corrected chi connectivity index (χ0v) is 33.1. The Kier molecular flexibility index (Phi) is 8.51. The number of aromatic nitrogens is 3. The van der Waals surface area contributed by atoms with E-state index < -0.39 is 5.60 Å². The van der Waals surface area contributed by atoms with Gasteiger partial charge in [-0.15, -0.1) is 0 Å². The molecule has 5 nitrogen and oxygen atoms in total. The second-order valence-corrected chi connectivity index (χ2v) is 16.1. The van der Waals surface area contributed by atoms with Crippen molar-refractivity contribution in [2.75, 3.05) is 7.11 Å². The van der Waals surface area contributed by atoms with E-state index in [2.05, 4.69) is 97.1 Å². The molecule has 59 heavy (non-hydrogen) atoms. The van der Waals surface area contributed by atoms with Crippen LogP contribution in [0.4, 0.5) is 0 Å². The van der Waals surface area contributed by atoms with E-state index in [4.69, 9.17) is 24.4 Å². The molecule has 1 unspecified atom stereocenters. The van der Waals surface area contributed by atoms with Crippen molar-refractivity contribution in [1.82, 2.24) is 15.0 Å². The minimum Gasteiger partial charge on any atom is -0.497 e. The summed E-state index contributed by atoms with van der Waals surface area (Å²) in [5, 5.41) is 2.38. The third-order valence-electron chi connectivity index (χ3n) is 12.9. The summed E-state index contributed by atoms with van der Waals surface area (Å²) in [5.41, 5.74) is 10.7. The molecule has 2 aliphatic carbocycles. The fourth-order valence-corrected chi connectivity index (χ4v) is 10.1. The summed E-state index contributed by atoms with van der Waals surface area (Å²) in [6.07, 6.45) is 12.0. The molecule has 286 valence electrons. The molecule has 7 aromatic carbocycles. The van der Waals surface area contributed by atoms with Crippen LogP contribution in [0.5, 0.6) is 11.5 Å². The van der Waals surface area contributed by atoms with Crippen LogP contribution in [-0.2, 0) is 11.0 Å². The third kappa shape index (κ3) is 5.71. The first kappa shape index (κ1) is 35.3. The van der Waals surface area contributed by atoms with Crippen LogP contribution in [0.15, 0.2) is 164 Å². The van der Waals surface area contributed by atoms with Crippen LogP contribution in [0.3, 0.4) is 0 Å². The van der Waals surface area contributed by atoms with Crippen LogP contribution < -0.4 is 9.47 Å². The number of hydrogen-bond acceptors (Lipinski definition) is 5. The fraction of sp³-hybridized carbons (Fsp3) is 0.167. The van der Waals surface area contributed by atoms with Crippen molar-refractivity contribution in [2.45, 2.75) is 49.5 Å². The van der Waals surface area contributed by atoms with E-state index in [1.807, 2.05) is 72.8 Å². The molecule has 0 radical (unpaired) electrons. The molecule has 5 heteroatoms. The Morgan fingerprint density at radius 3 is 1.66 bits per heavy atom. The van der Waals surface area contributed by atoms with Crippen molar-refractivity contribution in [3.63, 3.8) is 0 Å². The number of nitrogens with zero attached hydrogens (tertiary/aromatic N) is 3. The van der Waals surface area contributed by atoms with E-state index in [9.17, 15) is 0 Å². The van der Waals surface area contributed by atoms with Crippen molar-refractivity contribution in [2.24, 2.45) is 0 Å². The van der Waals surface area contributed by atoms with Gasteiger partial charge in [-0.25, -0.2) is 15.0 Å². The molecule has 11 rings (SSSR count). The molecule has 1 aromatic heterocycles. The monoisotopic (exact) mass is 765 g/mol. The number of benzene rings is 7. The Hall–Kier alpha value is -6.85. The van der Waals surface area contributed by atoms with Gasteiger partial charge in [0.15, 0.2) is 23.1 Å². The third-order valence-corrected chi connectivity index (χ3v) is 12.9. The largest absolute Gasteiger partial charge is 0.497 e. The minimum atomic E-state index is -0.930. The topological polar surface area (TPSA) is 57.1 Å². The highest BCUT2D eigenvalue weighted by atomic mass is 16.5. The lowest BCUT2D eigenvalue weighted by Gasteiger charge is -2.39. The lowest BCUT2D eigenvalue weighted by atomic mass is 9.70. The summed E-state index contributed by atoms with van der Waals surface area (Å²) in [5.74, 6) is 3.63. The predicted molar refractivity (Wildman–Crippen MR) is 237 cm³/mol. The van der Waals surface area contributed by atoms with Crippen LogP contribution in [0, 0.1) is 0 Å². The van der Waals surface area contributed by atoms with Crippen LogP contribution in [-0.4, -0.2) is 22.1 Å². The van der Waals surface area contributed by atoms with Crippen LogP contribution in [0.25, 0.3) is 62.1 Å². The first-order valence-electron chi connectivity index (χ1n) is 20.8. The molecule has 0 N–H and O–H groups in total. The zero-order valence-electron chi connectivity index (χ0n) is 33.1. The molecule has 0 saturated heterocycles. The summed E-state index contributed by atoms with van der Waals surface area (Å²) in [7, 11) is 1.71.